The number of carbonyl (C=O) groups is 2. The first-order valence-electron chi connectivity index (χ1n) is 6.11. The molecule has 0 saturated carbocycles. The van der Waals surface area contributed by atoms with Crippen LogP contribution in [0.15, 0.2) is 12.1 Å². The third kappa shape index (κ3) is 5.71. The van der Waals surface area contributed by atoms with Crippen LogP contribution in [-0.2, 0) is 9.59 Å². The van der Waals surface area contributed by atoms with Crippen LogP contribution in [0.2, 0.25) is 15.1 Å². The van der Waals surface area contributed by atoms with Crippen molar-refractivity contribution in [3.8, 4) is 0 Å². The van der Waals surface area contributed by atoms with Crippen molar-refractivity contribution in [2.75, 3.05) is 18.4 Å². The number of carbonyl (C=O) groups excluding carboxylic acids is 1. The molecular formula is C13H15Cl3N2O3. The van der Waals surface area contributed by atoms with Gasteiger partial charge >= 0.3 is 5.97 Å². The van der Waals surface area contributed by atoms with Crippen molar-refractivity contribution >= 4 is 52.4 Å². The highest BCUT2D eigenvalue weighted by atomic mass is 35.5. The highest BCUT2D eigenvalue weighted by Crippen LogP contribution is 2.32. The summed E-state index contributed by atoms with van der Waals surface area (Å²) >= 11 is 17.6. The number of benzene rings is 1. The Kier molecular flexibility index (Phi) is 6.74. The average molecular weight is 354 g/mol. The van der Waals surface area contributed by atoms with Crippen molar-refractivity contribution in [1.82, 2.24) is 4.90 Å². The Morgan fingerprint density at radius 3 is 2.24 bits per heavy atom. The van der Waals surface area contributed by atoms with Gasteiger partial charge in [0, 0.05) is 6.04 Å². The Hall–Kier alpha value is -1.01. The lowest BCUT2D eigenvalue weighted by Gasteiger charge is -2.23. The fourth-order valence-electron chi connectivity index (χ4n) is 1.59. The molecule has 0 heterocycles. The van der Waals surface area contributed by atoms with E-state index in [0.717, 1.165) is 0 Å². The van der Waals surface area contributed by atoms with Gasteiger partial charge in [-0.3, -0.25) is 14.5 Å². The highest BCUT2D eigenvalue weighted by Gasteiger charge is 2.18. The Bertz CT molecular complexity index is 550. The molecule has 1 aromatic carbocycles. The first-order valence-corrected chi connectivity index (χ1v) is 7.24. The summed E-state index contributed by atoms with van der Waals surface area (Å²) in [4.78, 5) is 24.3. The molecule has 1 amide bonds. The molecule has 0 unspecified atom stereocenters. The third-order valence-electron chi connectivity index (χ3n) is 2.70. The van der Waals surface area contributed by atoms with Crippen LogP contribution in [0, 0.1) is 0 Å². The number of rotatable bonds is 6. The minimum atomic E-state index is -0.996. The van der Waals surface area contributed by atoms with Gasteiger partial charge in [-0.15, -0.1) is 0 Å². The SMILES string of the molecule is CC(C)N(CC(=O)O)CC(=O)Nc1cc(Cl)c(Cl)cc1Cl. The van der Waals surface area contributed by atoms with Crippen LogP contribution in [0.3, 0.4) is 0 Å². The molecule has 21 heavy (non-hydrogen) atoms. The number of carboxylic acids is 1. The monoisotopic (exact) mass is 352 g/mol. The second-order valence-corrected chi connectivity index (χ2v) is 5.91. The molecule has 1 rings (SSSR count). The van der Waals surface area contributed by atoms with Crippen LogP contribution >= 0.6 is 34.8 Å². The maximum Gasteiger partial charge on any atom is 0.317 e. The smallest absolute Gasteiger partial charge is 0.317 e. The third-order valence-corrected chi connectivity index (χ3v) is 3.73. The van der Waals surface area contributed by atoms with Gasteiger partial charge in [0.15, 0.2) is 0 Å². The van der Waals surface area contributed by atoms with E-state index in [2.05, 4.69) is 5.32 Å². The molecular weight excluding hydrogens is 339 g/mol. The van der Waals surface area contributed by atoms with Gasteiger partial charge in [0.05, 0.1) is 33.8 Å². The van der Waals surface area contributed by atoms with Crippen LogP contribution in [0.5, 0.6) is 0 Å². The van der Waals surface area contributed by atoms with Crippen molar-refractivity contribution in [1.29, 1.82) is 0 Å². The molecule has 0 aliphatic rings. The zero-order valence-corrected chi connectivity index (χ0v) is 13.8. The maximum absolute atomic E-state index is 12.0. The van der Waals surface area contributed by atoms with Crippen LogP contribution in [0.25, 0.3) is 0 Å². The van der Waals surface area contributed by atoms with Crippen molar-refractivity contribution in [2.45, 2.75) is 19.9 Å². The zero-order chi connectivity index (χ0) is 16.2. The van der Waals surface area contributed by atoms with E-state index in [1.54, 1.807) is 0 Å². The van der Waals surface area contributed by atoms with Crippen molar-refractivity contribution in [2.24, 2.45) is 0 Å². The maximum atomic E-state index is 12.0. The molecule has 0 aliphatic carbocycles. The van der Waals surface area contributed by atoms with Gasteiger partial charge in [0.25, 0.3) is 0 Å². The Balaban J connectivity index is 2.76. The Morgan fingerprint density at radius 1 is 1.14 bits per heavy atom. The van der Waals surface area contributed by atoms with E-state index in [4.69, 9.17) is 39.9 Å². The topological polar surface area (TPSA) is 69.6 Å². The van der Waals surface area contributed by atoms with E-state index in [-0.39, 0.29) is 40.1 Å². The number of anilines is 1. The first kappa shape index (κ1) is 18.0. The number of aliphatic carboxylic acids is 1. The Labute approximate surface area is 137 Å². The minimum absolute atomic E-state index is 0.0689. The number of amides is 1. The molecule has 0 bridgehead atoms. The molecule has 0 fully saturated rings. The summed E-state index contributed by atoms with van der Waals surface area (Å²) in [5.74, 6) is -1.38. The molecule has 0 aliphatic heterocycles. The number of nitrogens with one attached hydrogen (secondary N) is 1. The van der Waals surface area contributed by atoms with Gasteiger partial charge in [-0.05, 0) is 26.0 Å². The van der Waals surface area contributed by atoms with Crippen molar-refractivity contribution < 1.29 is 14.7 Å². The first-order chi connectivity index (χ1) is 9.70. The van der Waals surface area contributed by atoms with Crippen LogP contribution < -0.4 is 5.32 Å². The highest BCUT2D eigenvalue weighted by molar-refractivity contribution is 6.44. The molecule has 116 valence electrons. The summed E-state index contributed by atoms with van der Waals surface area (Å²) in [7, 11) is 0. The fourth-order valence-corrected chi connectivity index (χ4v) is 2.18. The normalized spacial score (nSPS) is 11.0. The summed E-state index contributed by atoms with van der Waals surface area (Å²) in [6, 6.07) is 2.79. The molecule has 1 aromatic rings. The van der Waals surface area contributed by atoms with Gasteiger partial charge in [0.2, 0.25) is 5.91 Å². The molecule has 0 saturated heterocycles. The van der Waals surface area contributed by atoms with Gasteiger partial charge in [0.1, 0.15) is 0 Å². The second kappa shape index (κ2) is 7.84. The lowest BCUT2D eigenvalue weighted by atomic mass is 10.3. The predicted octanol–water partition coefficient (Wildman–Crippen LogP) is 3.38. The van der Waals surface area contributed by atoms with Crippen molar-refractivity contribution in [3.63, 3.8) is 0 Å². The lowest BCUT2D eigenvalue weighted by Crippen LogP contribution is -2.41. The number of carboxylic acid groups (broad SMARTS) is 1. The number of halogens is 3. The second-order valence-electron chi connectivity index (χ2n) is 4.69. The van der Waals surface area contributed by atoms with Gasteiger partial charge in [-0.25, -0.2) is 0 Å². The number of hydrogen-bond donors (Lipinski definition) is 2. The van der Waals surface area contributed by atoms with E-state index in [9.17, 15) is 9.59 Å². The molecule has 2 N–H and O–H groups in total. The van der Waals surface area contributed by atoms with Gasteiger partial charge in [-0.1, -0.05) is 34.8 Å². The van der Waals surface area contributed by atoms with E-state index in [0.29, 0.717) is 5.69 Å². The lowest BCUT2D eigenvalue weighted by molar-refractivity contribution is -0.139. The quantitative estimate of drug-likeness (QED) is 0.769. The number of nitrogens with zero attached hydrogens (tertiary/aromatic N) is 1. The molecule has 5 nitrogen and oxygen atoms in total. The Morgan fingerprint density at radius 2 is 1.71 bits per heavy atom. The van der Waals surface area contributed by atoms with Crippen LogP contribution in [-0.4, -0.2) is 41.0 Å². The molecule has 0 spiro atoms. The largest absolute Gasteiger partial charge is 0.480 e. The summed E-state index contributed by atoms with van der Waals surface area (Å²) in [6.45, 7) is 3.32. The van der Waals surface area contributed by atoms with Gasteiger partial charge < -0.3 is 10.4 Å². The van der Waals surface area contributed by atoms with Crippen LogP contribution in [0.1, 0.15) is 13.8 Å². The standard InChI is InChI=1S/C13H15Cl3N2O3/c1-7(2)18(6-13(20)21)5-12(19)17-11-4-9(15)8(14)3-10(11)16/h3-4,7H,5-6H2,1-2H3,(H,17,19)(H,20,21). The summed E-state index contributed by atoms with van der Waals surface area (Å²) in [6.07, 6.45) is 0. The van der Waals surface area contributed by atoms with E-state index >= 15 is 0 Å². The summed E-state index contributed by atoms with van der Waals surface area (Å²) in [5.41, 5.74) is 0.329. The molecule has 8 heteroatoms. The molecule has 0 radical (unpaired) electrons. The average Bonchev–Trinajstić information content (AvgIpc) is 2.34. The van der Waals surface area contributed by atoms with E-state index < -0.39 is 5.97 Å². The minimum Gasteiger partial charge on any atom is -0.480 e. The van der Waals surface area contributed by atoms with Crippen molar-refractivity contribution in [3.05, 3.63) is 27.2 Å². The summed E-state index contributed by atoms with van der Waals surface area (Å²) in [5, 5.41) is 12.2. The molecule has 0 atom stereocenters. The van der Waals surface area contributed by atoms with E-state index in [1.165, 1.54) is 17.0 Å². The summed E-state index contributed by atoms with van der Waals surface area (Å²) < 4.78 is 0. The zero-order valence-electron chi connectivity index (χ0n) is 11.5. The van der Waals surface area contributed by atoms with E-state index in [1.807, 2.05) is 13.8 Å². The number of hydrogen-bond acceptors (Lipinski definition) is 3. The predicted molar refractivity (Wildman–Crippen MR) is 84.4 cm³/mol. The fraction of sp³-hybridized carbons (Fsp3) is 0.385. The van der Waals surface area contributed by atoms with Gasteiger partial charge in [-0.2, -0.15) is 0 Å². The molecule has 0 aromatic heterocycles. The van der Waals surface area contributed by atoms with Crippen LogP contribution in [0.4, 0.5) is 5.69 Å².